The van der Waals surface area contributed by atoms with E-state index in [-0.39, 0.29) is 11.5 Å². The monoisotopic (exact) mass is 239 g/mol. The molecular formula is C15H29NO. The summed E-state index contributed by atoms with van der Waals surface area (Å²) >= 11 is 0. The highest BCUT2D eigenvalue weighted by atomic mass is 16.3. The Balaban J connectivity index is 1.90. The van der Waals surface area contributed by atoms with Crippen LogP contribution in [0, 0.1) is 17.3 Å². The SMILES string of the molecule is CC(C)CN(CC1CCC(C)(C)C1O)C1CC1. The van der Waals surface area contributed by atoms with E-state index in [1.54, 1.807) is 0 Å². The molecule has 100 valence electrons. The molecule has 2 saturated carbocycles. The second-order valence-electron chi connectivity index (χ2n) is 7.31. The van der Waals surface area contributed by atoms with Gasteiger partial charge in [0.15, 0.2) is 0 Å². The summed E-state index contributed by atoms with van der Waals surface area (Å²) in [5, 5.41) is 10.4. The highest BCUT2D eigenvalue weighted by Crippen LogP contribution is 2.42. The largest absolute Gasteiger partial charge is 0.392 e. The zero-order chi connectivity index (χ0) is 12.6. The lowest BCUT2D eigenvalue weighted by Crippen LogP contribution is -2.39. The van der Waals surface area contributed by atoms with Crippen LogP contribution >= 0.6 is 0 Å². The number of rotatable bonds is 5. The van der Waals surface area contributed by atoms with Crippen molar-refractivity contribution in [3.05, 3.63) is 0 Å². The van der Waals surface area contributed by atoms with E-state index in [9.17, 15) is 5.11 Å². The molecule has 2 unspecified atom stereocenters. The lowest BCUT2D eigenvalue weighted by molar-refractivity contribution is 0.0300. The molecule has 0 spiro atoms. The number of aliphatic hydroxyl groups is 1. The van der Waals surface area contributed by atoms with Gasteiger partial charge < -0.3 is 5.11 Å². The van der Waals surface area contributed by atoms with Gasteiger partial charge in [0.05, 0.1) is 6.10 Å². The van der Waals surface area contributed by atoms with Crippen LogP contribution in [0.3, 0.4) is 0 Å². The molecule has 0 aromatic rings. The first-order chi connectivity index (χ1) is 7.90. The lowest BCUT2D eigenvalue weighted by atomic mass is 9.87. The molecule has 0 bridgehead atoms. The number of aliphatic hydroxyl groups excluding tert-OH is 1. The van der Waals surface area contributed by atoms with Gasteiger partial charge in [-0.15, -0.1) is 0 Å². The van der Waals surface area contributed by atoms with E-state index in [2.05, 4.69) is 32.6 Å². The smallest absolute Gasteiger partial charge is 0.0631 e. The van der Waals surface area contributed by atoms with E-state index in [0.29, 0.717) is 5.92 Å². The molecular weight excluding hydrogens is 210 g/mol. The summed E-state index contributed by atoms with van der Waals surface area (Å²) in [4.78, 5) is 2.64. The quantitative estimate of drug-likeness (QED) is 0.797. The summed E-state index contributed by atoms with van der Waals surface area (Å²) in [5.74, 6) is 1.24. The molecule has 0 saturated heterocycles. The zero-order valence-electron chi connectivity index (χ0n) is 11.9. The Morgan fingerprint density at radius 1 is 1.24 bits per heavy atom. The first-order valence-corrected chi connectivity index (χ1v) is 7.32. The van der Waals surface area contributed by atoms with Crippen molar-refractivity contribution in [2.24, 2.45) is 17.3 Å². The third-order valence-corrected chi connectivity index (χ3v) is 4.54. The lowest BCUT2D eigenvalue weighted by Gasteiger charge is -2.31. The topological polar surface area (TPSA) is 23.5 Å². The minimum absolute atomic E-state index is 0.101. The molecule has 0 aromatic carbocycles. The van der Waals surface area contributed by atoms with Crippen molar-refractivity contribution < 1.29 is 5.11 Å². The molecule has 2 aliphatic rings. The van der Waals surface area contributed by atoms with E-state index in [0.717, 1.165) is 18.5 Å². The van der Waals surface area contributed by atoms with Crippen molar-refractivity contribution in [2.45, 2.75) is 65.5 Å². The van der Waals surface area contributed by atoms with Crippen molar-refractivity contribution in [3.63, 3.8) is 0 Å². The molecule has 1 N–H and O–H groups in total. The second kappa shape index (κ2) is 4.89. The average Bonchev–Trinajstić information content (AvgIpc) is 3.01. The van der Waals surface area contributed by atoms with Crippen LogP contribution in [-0.2, 0) is 0 Å². The average molecular weight is 239 g/mol. The first kappa shape index (κ1) is 13.4. The predicted molar refractivity (Wildman–Crippen MR) is 71.9 cm³/mol. The van der Waals surface area contributed by atoms with Crippen molar-refractivity contribution in [1.82, 2.24) is 4.90 Å². The Hall–Kier alpha value is -0.0800. The minimum atomic E-state index is -0.101. The summed E-state index contributed by atoms with van der Waals surface area (Å²) in [7, 11) is 0. The molecule has 2 aliphatic carbocycles. The van der Waals surface area contributed by atoms with Crippen LogP contribution < -0.4 is 0 Å². The third kappa shape index (κ3) is 3.23. The maximum atomic E-state index is 10.4. The Kier molecular flexibility index (Phi) is 3.84. The van der Waals surface area contributed by atoms with Gasteiger partial charge in [0, 0.05) is 19.1 Å². The van der Waals surface area contributed by atoms with Gasteiger partial charge in [-0.25, -0.2) is 0 Å². The van der Waals surface area contributed by atoms with Gasteiger partial charge in [-0.1, -0.05) is 27.7 Å². The summed E-state index contributed by atoms with van der Waals surface area (Å²) in [5.41, 5.74) is 0.137. The normalized spacial score (nSPS) is 32.6. The second-order valence-corrected chi connectivity index (χ2v) is 7.31. The highest BCUT2D eigenvalue weighted by molar-refractivity contribution is 4.94. The molecule has 0 amide bonds. The van der Waals surface area contributed by atoms with Crippen molar-refractivity contribution in [3.8, 4) is 0 Å². The maximum Gasteiger partial charge on any atom is 0.0631 e. The maximum absolute atomic E-state index is 10.4. The molecule has 0 aromatic heterocycles. The fraction of sp³-hybridized carbons (Fsp3) is 1.00. The van der Waals surface area contributed by atoms with E-state index >= 15 is 0 Å². The summed E-state index contributed by atoms with van der Waals surface area (Å²) < 4.78 is 0. The van der Waals surface area contributed by atoms with Gasteiger partial charge in [-0.2, -0.15) is 0 Å². The fourth-order valence-electron chi connectivity index (χ4n) is 3.27. The van der Waals surface area contributed by atoms with Crippen LogP contribution in [0.2, 0.25) is 0 Å². The molecule has 2 rings (SSSR count). The summed E-state index contributed by atoms with van der Waals surface area (Å²) in [6.45, 7) is 11.3. The molecule has 2 atom stereocenters. The van der Waals surface area contributed by atoms with Crippen LogP contribution in [-0.4, -0.2) is 35.2 Å². The Morgan fingerprint density at radius 3 is 2.29 bits per heavy atom. The zero-order valence-corrected chi connectivity index (χ0v) is 11.9. The molecule has 17 heavy (non-hydrogen) atoms. The molecule has 0 aliphatic heterocycles. The Labute approximate surface area is 106 Å². The van der Waals surface area contributed by atoms with Gasteiger partial charge in [-0.3, -0.25) is 4.90 Å². The number of nitrogens with zero attached hydrogens (tertiary/aromatic N) is 1. The first-order valence-electron chi connectivity index (χ1n) is 7.32. The van der Waals surface area contributed by atoms with Crippen LogP contribution in [0.15, 0.2) is 0 Å². The molecule has 0 radical (unpaired) electrons. The van der Waals surface area contributed by atoms with Crippen molar-refractivity contribution >= 4 is 0 Å². The predicted octanol–water partition coefficient (Wildman–Crippen LogP) is 2.90. The molecule has 2 heteroatoms. The van der Waals surface area contributed by atoms with E-state index < -0.39 is 0 Å². The summed E-state index contributed by atoms with van der Waals surface area (Å²) in [6.07, 6.45) is 5.03. The summed E-state index contributed by atoms with van der Waals surface area (Å²) in [6, 6.07) is 0.827. The van der Waals surface area contributed by atoms with Gasteiger partial charge in [-0.05, 0) is 42.9 Å². The van der Waals surface area contributed by atoms with Crippen molar-refractivity contribution in [2.75, 3.05) is 13.1 Å². The number of hydrogen-bond donors (Lipinski definition) is 1. The van der Waals surface area contributed by atoms with Crippen LogP contribution in [0.25, 0.3) is 0 Å². The van der Waals surface area contributed by atoms with Crippen LogP contribution in [0.5, 0.6) is 0 Å². The van der Waals surface area contributed by atoms with Crippen LogP contribution in [0.4, 0.5) is 0 Å². The van der Waals surface area contributed by atoms with Gasteiger partial charge in [0.2, 0.25) is 0 Å². The van der Waals surface area contributed by atoms with Gasteiger partial charge in [0.1, 0.15) is 0 Å². The molecule has 2 nitrogen and oxygen atoms in total. The molecule has 0 heterocycles. The fourth-order valence-corrected chi connectivity index (χ4v) is 3.27. The van der Waals surface area contributed by atoms with Crippen LogP contribution in [0.1, 0.15) is 53.4 Å². The van der Waals surface area contributed by atoms with Crippen molar-refractivity contribution in [1.29, 1.82) is 0 Å². The van der Waals surface area contributed by atoms with Gasteiger partial charge >= 0.3 is 0 Å². The standard InChI is InChI=1S/C15H29NO/c1-11(2)9-16(13-5-6-13)10-12-7-8-15(3,4)14(12)17/h11-14,17H,5-10H2,1-4H3. The van der Waals surface area contributed by atoms with Gasteiger partial charge in [0.25, 0.3) is 0 Å². The van der Waals surface area contributed by atoms with E-state index in [1.807, 2.05) is 0 Å². The van der Waals surface area contributed by atoms with E-state index in [4.69, 9.17) is 0 Å². The third-order valence-electron chi connectivity index (χ3n) is 4.54. The minimum Gasteiger partial charge on any atom is -0.392 e. The molecule has 2 fully saturated rings. The Bertz CT molecular complexity index is 258. The van der Waals surface area contributed by atoms with E-state index in [1.165, 1.54) is 32.2 Å². The highest BCUT2D eigenvalue weighted by Gasteiger charge is 2.42. The number of hydrogen-bond acceptors (Lipinski definition) is 2. The Morgan fingerprint density at radius 2 is 1.88 bits per heavy atom.